The largest absolute Gasteiger partial charge is 0.460 e. The van der Waals surface area contributed by atoms with Crippen LogP contribution in [0.25, 0.3) is 10.9 Å². The molecule has 0 radical (unpaired) electrons. The molecule has 0 atom stereocenters. The van der Waals surface area contributed by atoms with E-state index in [1.54, 1.807) is 0 Å². The van der Waals surface area contributed by atoms with Crippen molar-refractivity contribution in [1.29, 1.82) is 0 Å². The van der Waals surface area contributed by atoms with Crippen molar-refractivity contribution in [2.45, 2.75) is 32.8 Å². The summed E-state index contributed by atoms with van der Waals surface area (Å²) in [6.45, 7) is 5.55. The number of hydrogen-bond donors (Lipinski definition) is 0. The van der Waals surface area contributed by atoms with Gasteiger partial charge in [0.2, 0.25) is 0 Å². The van der Waals surface area contributed by atoms with E-state index < -0.39 is 5.60 Å². The lowest BCUT2D eigenvalue weighted by atomic mass is 10.1. The van der Waals surface area contributed by atoms with E-state index in [4.69, 9.17) is 4.74 Å². The Morgan fingerprint density at radius 1 is 1.22 bits per heavy atom. The molecule has 0 spiro atoms. The highest BCUT2D eigenvalue weighted by atomic mass is 16.6. The second-order valence-corrected chi connectivity index (χ2v) is 5.10. The molecule has 1 heterocycles. The molecule has 0 saturated heterocycles. The lowest BCUT2D eigenvalue weighted by Crippen LogP contribution is -2.25. The summed E-state index contributed by atoms with van der Waals surface area (Å²) in [5, 5.41) is 0.894. The zero-order valence-corrected chi connectivity index (χ0v) is 10.8. The number of aromatic nitrogens is 2. The second-order valence-electron chi connectivity index (χ2n) is 5.10. The maximum Gasteiger partial charge on any atom is 0.312 e. The Bertz CT molecular complexity index is 568. The van der Waals surface area contributed by atoms with Gasteiger partial charge in [0.15, 0.2) is 0 Å². The molecule has 0 aliphatic heterocycles. The molecular formula is C14H16N2O2. The summed E-state index contributed by atoms with van der Waals surface area (Å²) in [4.78, 5) is 20.1. The number of para-hydroxylation sites is 1. The van der Waals surface area contributed by atoms with Gasteiger partial charge in [0.1, 0.15) is 11.9 Å². The predicted molar refractivity (Wildman–Crippen MR) is 69.1 cm³/mol. The van der Waals surface area contributed by atoms with E-state index in [2.05, 4.69) is 9.97 Å². The number of hydrogen-bond acceptors (Lipinski definition) is 4. The average Bonchev–Trinajstić information content (AvgIpc) is 2.27. The fourth-order valence-corrected chi connectivity index (χ4v) is 1.72. The van der Waals surface area contributed by atoms with Crippen LogP contribution >= 0.6 is 0 Å². The third-order valence-electron chi connectivity index (χ3n) is 2.36. The van der Waals surface area contributed by atoms with Crippen LogP contribution < -0.4 is 0 Å². The molecule has 94 valence electrons. The summed E-state index contributed by atoms with van der Waals surface area (Å²) >= 11 is 0. The zero-order valence-electron chi connectivity index (χ0n) is 10.8. The van der Waals surface area contributed by atoms with Crippen LogP contribution in [0.5, 0.6) is 0 Å². The minimum atomic E-state index is -0.472. The van der Waals surface area contributed by atoms with Crippen molar-refractivity contribution in [3.8, 4) is 0 Å². The number of carbonyl (C=O) groups excluding carboxylic acids is 1. The van der Waals surface area contributed by atoms with Crippen LogP contribution in [0.2, 0.25) is 0 Å². The van der Waals surface area contributed by atoms with Gasteiger partial charge in [0, 0.05) is 5.39 Å². The average molecular weight is 244 g/mol. The minimum absolute atomic E-state index is 0.167. The van der Waals surface area contributed by atoms with E-state index in [0.29, 0.717) is 5.69 Å². The summed E-state index contributed by atoms with van der Waals surface area (Å²) in [7, 11) is 0. The maximum absolute atomic E-state index is 11.8. The first-order chi connectivity index (χ1) is 8.46. The van der Waals surface area contributed by atoms with Crippen LogP contribution in [0.15, 0.2) is 30.6 Å². The first-order valence-corrected chi connectivity index (χ1v) is 5.86. The van der Waals surface area contributed by atoms with E-state index in [-0.39, 0.29) is 12.4 Å². The van der Waals surface area contributed by atoms with Crippen molar-refractivity contribution in [3.05, 3.63) is 36.3 Å². The SMILES string of the molecule is CC(C)(C)OC(=O)Cc1ncnc2ccccc12. The highest BCUT2D eigenvalue weighted by Gasteiger charge is 2.17. The van der Waals surface area contributed by atoms with Gasteiger partial charge >= 0.3 is 5.97 Å². The fraction of sp³-hybridized carbons (Fsp3) is 0.357. The molecule has 0 bridgehead atoms. The van der Waals surface area contributed by atoms with Crippen LogP contribution in [-0.2, 0) is 16.0 Å². The van der Waals surface area contributed by atoms with Crippen molar-refractivity contribution in [2.24, 2.45) is 0 Å². The molecule has 0 N–H and O–H groups in total. The number of nitrogens with zero attached hydrogens (tertiary/aromatic N) is 2. The Balaban J connectivity index is 2.24. The third kappa shape index (κ3) is 3.03. The molecule has 18 heavy (non-hydrogen) atoms. The van der Waals surface area contributed by atoms with Gasteiger partial charge in [-0.1, -0.05) is 18.2 Å². The molecule has 4 nitrogen and oxygen atoms in total. The normalized spacial score (nSPS) is 11.5. The Hall–Kier alpha value is -1.97. The standard InChI is InChI=1S/C14H16N2O2/c1-14(2,3)18-13(17)8-12-10-6-4-5-7-11(10)15-9-16-12/h4-7,9H,8H2,1-3H3. The van der Waals surface area contributed by atoms with Gasteiger partial charge in [-0.3, -0.25) is 4.79 Å². The second kappa shape index (κ2) is 4.72. The summed E-state index contributed by atoms with van der Waals surface area (Å²) in [6, 6.07) is 7.63. The molecule has 0 fully saturated rings. The number of fused-ring (bicyclic) bond motifs is 1. The van der Waals surface area contributed by atoms with Gasteiger partial charge in [-0.2, -0.15) is 0 Å². The highest BCUT2D eigenvalue weighted by molar-refractivity contribution is 5.84. The minimum Gasteiger partial charge on any atom is -0.460 e. The van der Waals surface area contributed by atoms with Crippen LogP contribution in [0.3, 0.4) is 0 Å². The number of benzene rings is 1. The van der Waals surface area contributed by atoms with Gasteiger partial charge in [0.25, 0.3) is 0 Å². The Morgan fingerprint density at radius 2 is 1.94 bits per heavy atom. The Kier molecular flexibility index (Phi) is 3.28. The molecule has 1 aromatic carbocycles. The van der Waals surface area contributed by atoms with E-state index in [0.717, 1.165) is 10.9 Å². The van der Waals surface area contributed by atoms with Crippen LogP contribution in [0, 0.1) is 0 Å². The van der Waals surface area contributed by atoms with Crippen molar-refractivity contribution < 1.29 is 9.53 Å². The summed E-state index contributed by atoms with van der Waals surface area (Å²) in [6.07, 6.45) is 1.64. The first kappa shape index (κ1) is 12.5. The lowest BCUT2D eigenvalue weighted by molar-refractivity contribution is -0.153. The quantitative estimate of drug-likeness (QED) is 0.762. The van der Waals surface area contributed by atoms with Crippen molar-refractivity contribution >= 4 is 16.9 Å². The van der Waals surface area contributed by atoms with E-state index in [1.165, 1.54) is 6.33 Å². The molecule has 0 unspecified atom stereocenters. The van der Waals surface area contributed by atoms with Crippen LogP contribution in [-0.4, -0.2) is 21.5 Å². The van der Waals surface area contributed by atoms with Crippen molar-refractivity contribution in [3.63, 3.8) is 0 Å². The number of esters is 1. The number of carbonyl (C=O) groups is 1. The smallest absolute Gasteiger partial charge is 0.312 e. The van der Waals surface area contributed by atoms with E-state index in [9.17, 15) is 4.79 Å². The summed E-state index contributed by atoms with van der Waals surface area (Å²) in [5.74, 6) is -0.272. The van der Waals surface area contributed by atoms with Gasteiger partial charge < -0.3 is 4.74 Å². The van der Waals surface area contributed by atoms with E-state index in [1.807, 2.05) is 45.0 Å². The molecule has 0 aliphatic rings. The molecule has 0 aliphatic carbocycles. The summed E-state index contributed by atoms with van der Waals surface area (Å²) < 4.78 is 5.29. The third-order valence-corrected chi connectivity index (χ3v) is 2.36. The van der Waals surface area contributed by atoms with Gasteiger partial charge in [-0.25, -0.2) is 9.97 Å². The van der Waals surface area contributed by atoms with E-state index >= 15 is 0 Å². The molecule has 4 heteroatoms. The molecule has 2 aromatic rings. The van der Waals surface area contributed by atoms with Gasteiger partial charge in [0.05, 0.1) is 17.6 Å². The zero-order chi connectivity index (χ0) is 13.2. The predicted octanol–water partition coefficient (Wildman–Crippen LogP) is 2.51. The number of ether oxygens (including phenoxy) is 1. The first-order valence-electron chi connectivity index (χ1n) is 5.86. The lowest BCUT2D eigenvalue weighted by Gasteiger charge is -2.19. The molecule has 2 rings (SSSR count). The Labute approximate surface area is 106 Å². The molecular weight excluding hydrogens is 228 g/mol. The van der Waals surface area contributed by atoms with Gasteiger partial charge in [-0.05, 0) is 26.8 Å². The Morgan fingerprint density at radius 3 is 2.67 bits per heavy atom. The van der Waals surface area contributed by atoms with Crippen LogP contribution in [0.1, 0.15) is 26.5 Å². The fourth-order valence-electron chi connectivity index (χ4n) is 1.72. The van der Waals surface area contributed by atoms with Crippen molar-refractivity contribution in [2.75, 3.05) is 0 Å². The number of rotatable bonds is 2. The molecule has 0 saturated carbocycles. The molecule has 1 aromatic heterocycles. The monoisotopic (exact) mass is 244 g/mol. The summed E-state index contributed by atoms with van der Waals surface area (Å²) in [5.41, 5.74) is 1.07. The van der Waals surface area contributed by atoms with Crippen molar-refractivity contribution in [1.82, 2.24) is 9.97 Å². The van der Waals surface area contributed by atoms with Gasteiger partial charge in [-0.15, -0.1) is 0 Å². The maximum atomic E-state index is 11.8. The molecule has 0 amide bonds. The highest BCUT2D eigenvalue weighted by Crippen LogP contribution is 2.16. The van der Waals surface area contributed by atoms with Crippen LogP contribution in [0.4, 0.5) is 0 Å². The topological polar surface area (TPSA) is 52.1 Å².